The van der Waals surface area contributed by atoms with Gasteiger partial charge in [0.1, 0.15) is 0 Å². The van der Waals surface area contributed by atoms with Crippen molar-refractivity contribution in [2.24, 2.45) is 0 Å². The molecule has 0 aliphatic carbocycles. The molecule has 0 saturated heterocycles. The molecule has 3 rings (SSSR count). The number of nitrogens with zero attached hydrogens (tertiary/aromatic N) is 1. The summed E-state index contributed by atoms with van der Waals surface area (Å²) in [5.74, 6) is 0. The molecule has 26 heavy (non-hydrogen) atoms. The van der Waals surface area contributed by atoms with Gasteiger partial charge in [0.15, 0.2) is 0 Å². The fourth-order valence-electron chi connectivity index (χ4n) is 3.52. The van der Waals surface area contributed by atoms with E-state index in [2.05, 4.69) is 63.5 Å². The summed E-state index contributed by atoms with van der Waals surface area (Å²) in [6.07, 6.45) is 7.44. The van der Waals surface area contributed by atoms with E-state index in [1.54, 1.807) is 0 Å². The highest BCUT2D eigenvalue weighted by atomic mass is 35.5. The Hall–Kier alpha value is -1.22. The van der Waals surface area contributed by atoms with Crippen molar-refractivity contribution in [3.8, 4) is 0 Å². The van der Waals surface area contributed by atoms with Crippen LogP contribution in [0, 0.1) is 0 Å². The van der Waals surface area contributed by atoms with Gasteiger partial charge in [0.2, 0.25) is 0 Å². The lowest BCUT2D eigenvalue weighted by Crippen LogP contribution is -2.41. The van der Waals surface area contributed by atoms with E-state index in [0.717, 1.165) is 15.9 Å². The third-order valence-corrected chi connectivity index (χ3v) is 6.47. The lowest BCUT2D eigenvalue weighted by Gasteiger charge is -2.30. The Morgan fingerprint density at radius 3 is 2.54 bits per heavy atom. The van der Waals surface area contributed by atoms with Gasteiger partial charge < -0.3 is 4.48 Å². The van der Waals surface area contributed by atoms with Crippen molar-refractivity contribution in [3.05, 3.63) is 64.7 Å². The molecule has 0 fully saturated rings. The Balaban J connectivity index is 1.82. The van der Waals surface area contributed by atoms with Crippen LogP contribution in [0.5, 0.6) is 0 Å². The van der Waals surface area contributed by atoms with Gasteiger partial charge >= 0.3 is 0 Å². The maximum absolute atomic E-state index is 6.31. The summed E-state index contributed by atoms with van der Waals surface area (Å²) in [5.41, 5.74) is 3.95. The Kier molecular flexibility index (Phi) is 6.50. The van der Waals surface area contributed by atoms with Crippen LogP contribution in [-0.4, -0.2) is 31.7 Å². The smallest absolute Gasteiger partial charge is 0.0817 e. The average molecular weight is 387 g/mol. The first-order chi connectivity index (χ1) is 12.5. The summed E-state index contributed by atoms with van der Waals surface area (Å²) < 4.78 is 1.09. The van der Waals surface area contributed by atoms with E-state index in [1.807, 2.05) is 17.8 Å². The Labute approximate surface area is 167 Å². The zero-order valence-corrected chi connectivity index (χ0v) is 17.7. The summed E-state index contributed by atoms with van der Waals surface area (Å²) in [4.78, 5) is 2.64. The van der Waals surface area contributed by atoms with Crippen LogP contribution in [0.1, 0.15) is 43.7 Å². The molecular formula is C23H29ClNS+. The van der Waals surface area contributed by atoms with E-state index in [9.17, 15) is 0 Å². The van der Waals surface area contributed by atoms with Crippen LogP contribution in [0.3, 0.4) is 0 Å². The largest absolute Gasteiger partial charge is 0.328 e. The van der Waals surface area contributed by atoms with E-state index in [1.165, 1.54) is 58.8 Å². The molecule has 0 N–H and O–H groups in total. The maximum atomic E-state index is 6.31. The van der Waals surface area contributed by atoms with Crippen molar-refractivity contribution in [3.63, 3.8) is 0 Å². The first-order valence-corrected chi connectivity index (χ1v) is 10.8. The zero-order chi connectivity index (χ0) is 18.6. The highest BCUT2D eigenvalue weighted by molar-refractivity contribution is 7.99. The fraction of sp³-hybridized carbons (Fsp3) is 0.391. The van der Waals surface area contributed by atoms with Crippen molar-refractivity contribution in [1.29, 1.82) is 0 Å². The Morgan fingerprint density at radius 2 is 1.73 bits per heavy atom. The molecule has 0 amide bonds. The van der Waals surface area contributed by atoms with E-state index >= 15 is 0 Å². The average Bonchev–Trinajstić information content (AvgIpc) is 2.61. The third kappa shape index (κ3) is 4.73. The number of halogens is 1. The van der Waals surface area contributed by atoms with Gasteiger partial charge in [-0.15, -0.1) is 0 Å². The molecule has 0 unspecified atom stereocenters. The second-order valence-corrected chi connectivity index (χ2v) is 9.26. The molecule has 1 aliphatic heterocycles. The van der Waals surface area contributed by atoms with Crippen molar-refractivity contribution >= 4 is 28.9 Å². The molecule has 138 valence electrons. The minimum atomic E-state index is 0.810. The van der Waals surface area contributed by atoms with Crippen LogP contribution in [0.4, 0.5) is 0 Å². The number of benzene rings is 2. The monoisotopic (exact) mass is 386 g/mol. The van der Waals surface area contributed by atoms with Crippen LogP contribution in [0.25, 0.3) is 5.57 Å². The molecule has 0 radical (unpaired) electrons. The first-order valence-electron chi connectivity index (χ1n) is 9.59. The number of quaternary nitrogens is 1. The normalized spacial score (nSPS) is 15.0. The summed E-state index contributed by atoms with van der Waals surface area (Å²) in [7, 11) is 4.70. The third-order valence-electron chi connectivity index (χ3n) is 5.08. The lowest BCUT2D eigenvalue weighted by atomic mass is 9.96. The molecule has 0 spiro atoms. The summed E-state index contributed by atoms with van der Waals surface area (Å²) in [5, 5.41) is 0.810. The Bertz CT molecular complexity index is 795. The highest BCUT2D eigenvalue weighted by Crippen LogP contribution is 2.46. The van der Waals surface area contributed by atoms with Crippen LogP contribution in [-0.2, 0) is 0 Å². The Morgan fingerprint density at radius 1 is 0.962 bits per heavy atom. The molecule has 3 heteroatoms. The molecule has 2 aromatic carbocycles. The predicted molar refractivity (Wildman–Crippen MR) is 115 cm³/mol. The minimum Gasteiger partial charge on any atom is -0.328 e. The van der Waals surface area contributed by atoms with Crippen molar-refractivity contribution in [2.45, 2.75) is 42.4 Å². The number of rotatable bonds is 7. The van der Waals surface area contributed by atoms with Crippen LogP contribution < -0.4 is 0 Å². The number of unbranched alkanes of at least 4 members (excludes halogenated alkanes) is 2. The van der Waals surface area contributed by atoms with Gasteiger partial charge in [0, 0.05) is 21.2 Å². The number of hydrogen-bond acceptors (Lipinski definition) is 1. The van der Waals surface area contributed by atoms with Gasteiger partial charge in [-0.3, -0.25) is 0 Å². The topological polar surface area (TPSA) is 0 Å². The number of hydrogen-bond donors (Lipinski definition) is 0. The molecular weight excluding hydrogens is 358 g/mol. The molecule has 1 aliphatic rings. The van der Waals surface area contributed by atoms with E-state index < -0.39 is 0 Å². The SMILES string of the molecule is CCCCC[N+](C)(C)CCC=C1c2ccccc2Sc2ccc(Cl)cc21. The predicted octanol–water partition coefficient (Wildman–Crippen LogP) is 6.89. The molecule has 0 bridgehead atoms. The molecule has 1 nitrogen and oxygen atoms in total. The first kappa shape index (κ1) is 19.5. The van der Waals surface area contributed by atoms with Crippen molar-refractivity contribution in [2.75, 3.05) is 27.2 Å². The summed E-state index contributed by atoms with van der Waals surface area (Å²) >= 11 is 8.15. The standard InChI is InChI=1S/C23H29ClNS/c1-4-5-8-15-25(2,3)16-9-11-19-20-10-6-7-12-22(20)26-23-14-13-18(24)17-21(19)23/h6-7,10-14,17H,4-5,8-9,15-16H2,1-3H3/q+1. The van der Waals surface area contributed by atoms with E-state index in [-0.39, 0.29) is 0 Å². The van der Waals surface area contributed by atoms with Gasteiger partial charge in [-0.1, -0.05) is 61.0 Å². The number of fused-ring (bicyclic) bond motifs is 2. The maximum Gasteiger partial charge on any atom is 0.0817 e. The van der Waals surface area contributed by atoms with Gasteiger partial charge in [0.25, 0.3) is 0 Å². The zero-order valence-electron chi connectivity index (χ0n) is 16.1. The second-order valence-electron chi connectivity index (χ2n) is 7.74. The molecule has 0 aromatic heterocycles. The summed E-state index contributed by atoms with van der Waals surface area (Å²) in [6.45, 7) is 4.69. The van der Waals surface area contributed by atoms with Gasteiger partial charge in [-0.25, -0.2) is 0 Å². The second kappa shape index (κ2) is 8.65. The molecule has 0 saturated carbocycles. The highest BCUT2D eigenvalue weighted by Gasteiger charge is 2.21. The van der Waals surface area contributed by atoms with Crippen LogP contribution in [0.2, 0.25) is 5.02 Å². The van der Waals surface area contributed by atoms with E-state index in [0.29, 0.717) is 0 Å². The van der Waals surface area contributed by atoms with Crippen LogP contribution in [0.15, 0.2) is 58.3 Å². The van der Waals surface area contributed by atoms with E-state index in [4.69, 9.17) is 11.6 Å². The van der Waals surface area contributed by atoms with Gasteiger partial charge in [-0.2, -0.15) is 0 Å². The van der Waals surface area contributed by atoms with Crippen LogP contribution >= 0.6 is 23.4 Å². The fourth-order valence-corrected chi connectivity index (χ4v) is 4.78. The van der Waals surface area contributed by atoms with Gasteiger partial charge in [0.05, 0.1) is 27.2 Å². The molecule has 1 heterocycles. The van der Waals surface area contributed by atoms with Crippen molar-refractivity contribution in [1.82, 2.24) is 0 Å². The summed E-state index contributed by atoms with van der Waals surface area (Å²) in [6, 6.07) is 15.0. The minimum absolute atomic E-state index is 0.810. The molecule has 0 atom stereocenters. The van der Waals surface area contributed by atoms with Crippen molar-refractivity contribution < 1.29 is 4.48 Å². The lowest BCUT2D eigenvalue weighted by molar-refractivity contribution is -0.890. The van der Waals surface area contributed by atoms with Gasteiger partial charge in [-0.05, 0) is 53.8 Å². The quantitative estimate of drug-likeness (QED) is 0.314. The molecule has 2 aromatic rings.